The molecule has 0 amide bonds. The molecular formula is C8H12N2O3. The van der Waals surface area contributed by atoms with E-state index in [1.807, 2.05) is 13.8 Å². The summed E-state index contributed by atoms with van der Waals surface area (Å²) < 4.78 is 0. The Hall–Kier alpha value is -1.52. The summed E-state index contributed by atoms with van der Waals surface area (Å²) in [5, 5.41) is 9.30. The van der Waals surface area contributed by atoms with Crippen molar-refractivity contribution in [3.8, 4) is 5.88 Å². The van der Waals surface area contributed by atoms with E-state index in [9.17, 15) is 14.7 Å². The summed E-state index contributed by atoms with van der Waals surface area (Å²) in [5.41, 5.74) is -0.966. The van der Waals surface area contributed by atoms with Gasteiger partial charge in [-0.1, -0.05) is 13.8 Å². The van der Waals surface area contributed by atoms with Crippen molar-refractivity contribution in [2.75, 3.05) is 0 Å². The van der Waals surface area contributed by atoms with Crippen LogP contribution in [-0.4, -0.2) is 15.1 Å². The largest absolute Gasteiger partial charge is 0.494 e. The second-order valence-electron chi connectivity index (χ2n) is 2.98. The van der Waals surface area contributed by atoms with Gasteiger partial charge < -0.3 is 5.11 Å². The van der Waals surface area contributed by atoms with E-state index in [0.717, 1.165) is 6.42 Å². The second-order valence-corrected chi connectivity index (χ2v) is 2.98. The Labute approximate surface area is 74.4 Å². The summed E-state index contributed by atoms with van der Waals surface area (Å²) in [5.74, 6) is -0.399. The van der Waals surface area contributed by atoms with Crippen LogP contribution in [0.5, 0.6) is 5.88 Å². The Morgan fingerprint density at radius 1 is 1.38 bits per heavy atom. The lowest BCUT2D eigenvalue weighted by Gasteiger charge is -2.07. The van der Waals surface area contributed by atoms with Gasteiger partial charge in [-0.3, -0.25) is 14.8 Å². The smallest absolute Gasteiger partial charge is 0.328 e. The van der Waals surface area contributed by atoms with Crippen molar-refractivity contribution in [1.82, 2.24) is 9.97 Å². The van der Waals surface area contributed by atoms with E-state index in [4.69, 9.17) is 0 Å². The number of aromatic hydroxyl groups is 1. The van der Waals surface area contributed by atoms with Crippen LogP contribution in [0.3, 0.4) is 0 Å². The van der Waals surface area contributed by atoms with Gasteiger partial charge >= 0.3 is 5.69 Å². The Bertz CT molecular complexity index is 405. The third kappa shape index (κ3) is 1.80. The number of nitrogens with one attached hydrogen (secondary N) is 2. The molecule has 1 heterocycles. The predicted molar refractivity (Wildman–Crippen MR) is 48.1 cm³/mol. The minimum absolute atomic E-state index is 0.0689. The molecular weight excluding hydrogens is 172 g/mol. The summed E-state index contributed by atoms with van der Waals surface area (Å²) in [4.78, 5) is 26.1. The Balaban J connectivity index is 3.37. The van der Waals surface area contributed by atoms with Gasteiger partial charge in [0, 0.05) is 0 Å². The number of aromatic nitrogens is 2. The molecule has 1 aromatic heterocycles. The molecule has 0 fully saturated rings. The van der Waals surface area contributed by atoms with Crippen LogP contribution < -0.4 is 11.2 Å². The van der Waals surface area contributed by atoms with E-state index >= 15 is 0 Å². The van der Waals surface area contributed by atoms with Crippen molar-refractivity contribution in [3.63, 3.8) is 0 Å². The third-order valence-electron chi connectivity index (χ3n) is 2.06. The molecule has 13 heavy (non-hydrogen) atoms. The highest BCUT2D eigenvalue weighted by molar-refractivity contribution is 5.24. The van der Waals surface area contributed by atoms with Crippen LogP contribution in [0.2, 0.25) is 0 Å². The number of H-pyrrole nitrogens is 2. The van der Waals surface area contributed by atoms with Gasteiger partial charge in [-0.15, -0.1) is 0 Å². The summed E-state index contributed by atoms with van der Waals surface area (Å²) in [6, 6.07) is 0. The number of aromatic amines is 2. The van der Waals surface area contributed by atoms with E-state index in [2.05, 4.69) is 9.97 Å². The lowest BCUT2D eigenvalue weighted by atomic mass is 10.0. The predicted octanol–water partition coefficient (Wildman–Crippen LogP) is 0.282. The van der Waals surface area contributed by atoms with Crippen LogP contribution in [0, 0.1) is 0 Å². The molecule has 0 radical (unpaired) electrons. The molecule has 1 rings (SSSR count). The maximum Gasteiger partial charge on any atom is 0.328 e. The number of rotatable bonds is 2. The topological polar surface area (TPSA) is 85.9 Å². The highest BCUT2D eigenvalue weighted by atomic mass is 16.3. The van der Waals surface area contributed by atoms with E-state index in [-0.39, 0.29) is 17.4 Å². The molecule has 3 N–H and O–H groups in total. The first-order valence-electron chi connectivity index (χ1n) is 4.11. The van der Waals surface area contributed by atoms with E-state index < -0.39 is 11.2 Å². The van der Waals surface area contributed by atoms with Gasteiger partial charge in [0.2, 0.25) is 5.88 Å². The first kappa shape index (κ1) is 9.57. The van der Waals surface area contributed by atoms with E-state index in [1.165, 1.54) is 0 Å². The Morgan fingerprint density at radius 3 is 2.46 bits per heavy atom. The summed E-state index contributed by atoms with van der Waals surface area (Å²) >= 11 is 0. The minimum Gasteiger partial charge on any atom is -0.494 e. The van der Waals surface area contributed by atoms with Crippen LogP contribution in [0.25, 0.3) is 0 Å². The average Bonchev–Trinajstić information content (AvgIpc) is 2.02. The van der Waals surface area contributed by atoms with Gasteiger partial charge in [-0.2, -0.15) is 0 Å². The Morgan fingerprint density at radius 2 is 2.00 bits per heavy atom. The average molecular weight is 184 g/mol. The van der Waals surface area contributed by atoms with Crippen LogP contribution >= 0.6 is 0 Å². The number of hydrogen-bond donors (Lipinski definition) is 3. The van der Waals surface area contributed by atoms with E-state index in [0.29, 0.717) is 0 Å². The molecule has 5 nitrogen and oxygen atoms in total. The zero-order chi connectivity index (χ0) is 10.0. The Kier molecular flexibility index (Phi) is 2.55. The molecule has 1 aromatic rings. The minimum atomic E-state index is -0.686. The van der Waals surface area contributed by atoms with E-state index in [1.54, 1.807) is 0 Å². The maximum atomic E-state index is 11.2. The van der Waals surface area contributed by atoms with Crippen molar-refractivity contribution in [1.29, 1.82) is 0 Å². The van der Waals surface area contributed by atoms with Crippen molar-refractivity contribution < 1.29 is 5.11 Å². The van der Waals surface area contributed by atoms with Crippen LogP contribution in [0.4, 0.5) is 0 Å². The van der Waals surface area contributed by atoms with Crippen LogP contribution in [0.15, 0.2) is 9.59 Å². The van der Waals surface area contributed by atoms with Crippen LogP contribution in [0.1, 0.15) is 31.7 Å². The number of hydrogen-bond acceptors (Lipinski definition) is 3. The molecule has 5 heteroatoms. The molecule has 0 aliphatic rings. The van der Waals surface area contributed by atoms with Crippen molar-refractivity contribution in [2.24, 2.45) is 0 Å². The fraction of sp³-hybridized carbons (Fsp3) is 0.500. The van der Waals surface area contributed by atoms with Gasteiger partial charge in [0.25, 0.3) is 5.56 Å². The lowest BCUT2D eigenvalue weighted by Crippen LogP contribution is -2.26. The maximum absolute atomic E-state index is 11.2. The molecule has 1 atom stereocenters. The van der Waals surface area contributed by atoms with Crippen molar-refractivity contribution >= 4 is 0 Å². The van der Waals surface area contributed by atoms with Gasteiger partial charge in [0.05, 0.1) is 5.56 Å². The molecule has 1 unspecified atom stereocenters. The van der Waals surface area contributed by atoms with Gasteiger partial charge in [-0.05, 0) is 12.3 Å². The van der Waals surface area contributed by atoms with Gasteiger partial charge in [-0.25, -0.2) is 4.79 Å². The van der Waals surface area contributed by atoms with Crippen molar-refractivity contribution in [3.05, 3.63) is 26.4 Å². The molecule has 0 spiro atoms. The zero-order valence-electron chi connectivity index (χ0n) is 7.55. The molecule has 72 valence electrons. The fourth-order valence-electron chi connectivity index (χ4n) is 1.15. The second kappa shape index (κ2) is 3.47. The molecule has 0 aliphatic carbocycles. The summed E-state index contributed by atoms with van der Waals surface area (Å²) in [7, 11) is 0. The summed E-state index contributed by atoms with van der Waals surface area (Å²) in [6.45, 7) is 3.71. The first-order valence-corrected chi connectivity index (χ1v) is 4.11. The highest BCUT2D eigenvalue weighted by Gasteiger charge is 2.13. The molecule has 0 saturated carbocycles. The molecule has 0 bridgehead atoms. The van der Waals surface area contributed by atoms with Crippen molar-refractivity contribution in [2.45, 2.75) is 26.2 Å². The molecule has 0 aliphatic heterocycles. The van der Waals surface area contributed by atoms with Gasteiger partial charge in [0.15, 0.2) is 0 Å². The monoisotopic (exact) mass is 184 g/mol. The van der Waals surface area contributed by atoms with Gasteiger partial charge in [0.1, 0.15) is 0 Å². The standard InChI is InChI=1S/C8H12N2O3/c1-3-4(2)5-6(11)9-8(13)10-7(5)12/h4H,3H2,1-2H3,(H3,9,10,11,12,13). The normalized spacial score (nSPS) is 12.8. The molecule has 0 saturated heterocycles. The zero-order valence-corrected chi connectivity index (χ0v) is 7.55. The lowest BCUT2D eigenvalue weighted by molar-refractivity contribution is 0.433. The first-order chi connectivity index (χ1) is 6.06. The fourth-order valence-corrected chi connectivity index (χ4v) is 1.15. The van der Waals surface area contributed by atoms with Crippen LogP contribution in [-0.2, 0) is 0 Å². The third-order valence-corrected chi connectivity index (χ3v) is 2.06. The molecule has 0 aromatic carbocycles. The SMILES string of the molecule is CCC(C)c1c(O)[nH]c(=O)[nH]c1=O. The highest BCUT2D eigenvalue weighted by Crippen LogP contribution is 2.20. The quantitative estimate of drug-likeness (QED) is 0.617. The summed E-state index contributed by atoms with van der Waals surface area (Å²) in [6.07, 6.45) is 0.725.